The Hall–Kier alpha value is -3.15. The van der Waals surface area contributed by atoms with E-state index in [9.17, 15) is 19.5 Å². The van der Waals surface area contributed by atoms with Crippen LogP contribution in [0.5, 0.6) is 0 Å². The summed E-state index contributed by atoms with van der Waals surface area (Å²) in [6.45, 7) is 0.144. The molecule has 0 radical (unpaired) electrons. The molecule has 0 saturated carbocycles. The lowest BCUT2D eigenvalue weighted by Gasteiger charge is -2.34. The van der Waals surface area contributed by atoms with E-state index in [0.717, 1.165) is 27.2 Å². The topological polar surface area (TPSA) is 86.7 Å². The normalized spacial score (nSPS) is 18.7. The summed E-state index contributed by atoms with van der Waals surface area (Å²) >= 11 is 0. The second kappa shape index (κ2) is 6.87. The molecular weight excluding hydrogens is 346 g/mol. The van der Waals surface area contributed by atoms with Gasteiger partial charge in [-0.25, -0.2) is 4.79 Å². The Kier molecular flexibility index (Phi) is 4.39. The van der Waals surface area contributed by atoms with Crippen molar-refractivity contribution in [2.75, 3.05) is 13.2 Å². The summed E-state index contributed by atoms with van der Waals surface area (Å²) in [4.78, 5) is 36.4. The molecule has 1 unspecified atom stereocenters. The molecule has 4 rings (SSSR count). The van der Waals surface area contributed by atoms with E-state index < -0.39 is 18.1 Å². The van der Waals surface area contributed by atoms with Gasteiger partial charge in [0.2, 0.25) is 0 Å². The molecular formula is C21H18NO5-. The van der Waals surface area contributed by atoms with E-state index in [4.69, 9.17) is 4.74 Å². The predicted octanol–water partition coefficient (Wildman–Crippen LogP) is 1.72. The Labute approximate surface area is 156 Å². The van der Waals surface area contributed by atoms with Crippen LogP contribution in [0.3, 0.4) is 0 Å². The average Bonchev–Trinajstić information content (AvgIpc) is 3.00. The number of fused-ring (bicyclic) bond motifs is 3. The minimum Gasteiger partial charge on any atom is -0.548 e. The van der Waals surface area contributed by atoms with Gasteiger partial charge in [-0.1, -0.05) is 48.5 Å². The number of piperidine rings is 1. The molecule has 1 fully saturated rings. The summed E-state index contributed by atoms with van der Waals surface area (Å²) in [5, 5.41) is 11.3. The van der Waals surface area contributed by atoms with Gasteiger partial charge in [-0.15, -0.1) is 0 Å². The van der Waals surface area contributed by atoms with Crippen molar-refractivity contribution in [1.29, 1.82) is 0 Å². The summed E-state index contributed by atoms with van der Waals surface area (Å²) in [6, 6.07) is 14.7. The Bertz CT molecular complexity index is 877. The number of Topliss-reactive ketones (excluding diaryl/α,β-unsaturated/α-hetero) is 1. The third kappa shape index (κ3) is 3.07. The number of likely N-dealkylation sites (tertiary alicyclic amines) is 1. The lowest BCUT2D eigenvalue weighted by atomic mass is 9.98. The number of carbonyl (C=O) groups excluding carboxylic acids is 3. The van der Waals surface area contributed by atoms with Gasteiger partial charge in [0.1, 0.15) is 12.4 Å². The van der Waals surface area contributed by atoms with Gasteiger partial charge >= 0.3 is 6.09 Å². The second-order valence-corrected chi connectivity index (χ2v) is 6.83. The fraction of sp³-hybridized carbons (Fsp3) is 0.286. The highest BCUT2D eigenvalue weighted by Gasteiger charge is 2.34. The lowest BCUT2D eigenvalue weighted by Crippen LogP contribution is -2.55. The zero-order valence-electron chi connectivity index (χ0n) is 14.6. The van der Waals surface area contributed by atoms with Crippen molar-refractivity contribution in [3.8, 4) is 11.1 Å². The number of hydrogen-bond acceptors (Lipinski definition) is 5. The van der Waals surface area contributed by atoms with Gasteiger partial charge in [-0.05, 0) is 22.3 Å². The zero-order valence-corrected chi connectivity index (χ0v) is 14.6. The number of rotatable bonds is 3. The Morgan fingerprint density at radius 1 is 1.04 bits per heavy atom. The van der Waals surface area contributed by atoms with Crippen LogP contribution in [-0.2, 0) is 14.3 Å². The predicted molar refractivity (Wildman–Crippen MR) is 94.8 cm³/mol. The highest BCUT2D eigenvalue weighted by Crippen LogP contribution is 2.44. The molecule has 6 heteroatoms. The third-order valence-electron chi connectivity index (χ3n) is 5.27. The summed E-state index contributed by atoms with van der Waals surface area (Å²) < 4.78 is 5.48. The maximum Gasteiger partial charge on any atom is 0.410 e. The molecule has 2 aromatic rings. The van der Waals surface area contributed by atoms with Crippen LogP contribution in [-0.4, -0.2) is 41.9 Å². The van der Waals surface area contributed by atoms with Crippen LogP contribution < -0.4 is 5.11 Å². The van der Waals surface area contributed by atoms with Gasteiger partial charge in [0.25, 0.3) is 0 Å². The first-order chi connectivity index (χ1) is 13.1. The molecule has 1 saturated heterocycles. The molecule has 2 aromatic carbocycles. The van der Waals surface area contributed by atoms with E-state index in [1.807, 2.05) is 48.5 Å². The smallest absolute Gasteiger partial charge is 0.410 e. The van der Waals surface area contributed by atoms with Gasteiger partial charge < -0.3 is 14.6 Å². The summed E-state index contributed by atoms with van der Waals surface area (Å²) in [5.41, 5.74) is 4.39. The number of benzene rings is 2. The number of nitrogens with zero attached hydrogens (tertiary/aromatic N) is 1. The number of ether oxygens (including phenoxy) is 1. The molecule has 0 N–H and O–H groups in total. The monoisotopic (exact) mass is 364 g/mol. The number of carbonyl (C=O) groups is 3. The molecule has 0 aromatic heterocycles. The van der Waals surface area contributed by atoms with Crippen molar-refractivity contribution in [3.63, 3.8) is 0 Å². The Morgan fingerprint density at radius 2 is 1.63 bits per heavy atom. The van der Waals surface area contributed by atoms with Gasteiger partial charge in [0.15, 0.2) is 0 Å². The van der Waals surface area contributed by atoms with Crippen LogP contribution in [0.15, 0.2) is 48.5 Å². The van der Waals surface area contributed by atoms with E-state index in [1.165, 1.54) is 0 Å². The standard InChI is InChI=1S/C21H19NO5/c23-13-9-10-22(19(11-13)20(24)25)21(26)27-12-18-16-7-3-1-5-14(16)15-6-2-4-8-17(15)18/h1-8,18-19H,9-12H2,(H,24,25)/p-1. The van der Waals surface area contributed by atoms with Crippen molar-refractivity contribution in [2.45, 2.75) is 24.8 Å². The molecule has 0 bridgehead atoms. The zero-order chi connectivity index (χ0) is 19.0. The summed E-state index contributed by atoms with van der Waals surface area (Å²) in [7, 11) is 0. The van der Waals surface area contributed by atoms with Crippen LogP contribution in [0.1, 0.15) is 29.9 Å². The molecule has 1 amide bonds. The third-order valence-corrected chi connectivity index (χ3v) is 5.27. The van der Waals surface area contributed by atoms with Gasteiger partial charge in [-0.3, -0.25) is 9.69 Å². The Balaban J connectivity index is 1.53. The average molecular weight is 364 g/mol. The Morgan fingerprint density at radius 3 is 2.22 bits per heavy atom. The van der Waals surface area contributed by atoms with E-state index in [0.29, 0.717) is 0 Å². The van der Waals surface area contributed by atoms with Crippen LogP contribution >= 0.6 is 0 Å². The molecule has 27 heavy (non-hydrogen) atoms. The SMILES string of the molecule is O=C1CCN(C(=O)OCC2c3ccccc3-c3ccccc32)C(C(=O)[O-])C1. The number of ketones is 1. The highest BCUT2D eigenvalue weighted by molar-refractivity contribution is 5.89. The number of carboxylic acids is 1. The fourth-order valence-corrected chi connectivity index (χ4v) is 3.93. The number of amides is 1. The minimum atomic E-state index is -1.43. The first-order valence-corrected chi connectivity index (χ1v) is 8.90. The maximum absolute atomic E-state index is 12.5. The van der Waals surface area contributed by atoms with E-state index >= 15 is 0 Å². The molecule has 6 nitrogen and oxygen atoms in total. The molecule has 1 aliphatic carbocycles. The number of carboxylic acid groups (broad SMARTS) is 1. The number of hydrogen-bond donors (Lipinski definition) is 0. The van der Waals surface area contributed by atoms with E-state index in [1.54, 1.807) is 0 Å². The second-order valence-electron chi connectivity index (χ2n) is 6.83. The summed E-state index contributed by atoms with van der Waals surface area (Å²) in [6.07, 6.45) is -0.820. The van der Waals surface area contributed by atoms with Crippen molar-refractivity contribution >= 4 is 17.8 Å². The lowest BCUT2D eigenvalue weighted by molar-refractivity contribution is -0.311. The first kappa shape index (κ1) is 17.3. The molecule has 2 aliphatic rings. The fourth-order valence-electron chi connectivity index (χ4n) is 3.93. The molecule has 0 spiro atoms. The largest absolute Gasteiger partial charge is 0.548 e. The molecule has 138 valence electrons. The van der Waals surface area contributed by atoms with Crippen molar-refractivity contribution in [3.05, 3.63) is 59.7 Å². The van der Waals surface area contributed by atoms with Crippen LogP contribution in [0.4, 0.5) is 4.79 Å². The van der Waals surface area contributed by atoms with E-state index in [2.05, 4.69) is 0 Å². The molecule has 1 aliphatic heterocycles. The van der Waals surface area contributed by atoms with Crippen LogP contribution in [0.2, 0.25) is 0 Å². The minimum absolute atomic E-state index is 0.0359. The van der Waals surface area contributed by atoms with Gasteiger partial charge in [-0.2, -0.15) is 0 Å². The van der Waals surface area contributed by atoms with Crippen molar-refractivity contribution < 1.29 is 24.2 Å². The highest BCUT2D eigenvalue weighted by atomic mass is 16.6. The van der Waals surface area contributed by atoms with Gasteiger partial charge in [0, 0.05) is 25.3 Å². The number of aliphatic carboxylic acids is 1. The van der Waals surface area contributed by atoms with Crippen LogP contribution in [0, 0.1) is 0 Å². The summed E-state index contributed by atoms with van der Waals surface area (Å²) in [5.74, 6) is -1.72. The van der Waals surface area contributed by atoms with E-state index in [-0.39, 0.29) is 37.7 Å². The van der Waals surface area contributed by atoms with Crippen molar-refractivity contribution in [1.82, 2.24) is 4.90 Å². The van der Waals surface area contributed by atoms with Gasteiger partial charge in [0.05, 0.1) is 12.0 Å². The van der Waals surface area contributed by atoms with Crippen LogP contribution in [0.25, 0.3) is 11.1 Å². The quantitative estimate of drug-likeness (QED) is 0.828. The molecule has 1 atom stereocenters. The molecule has 1 heterocycles. The maximum atomic E-state index is 12.5. The van der Waals surface area contributed by atoms with Crippen molar-refractivity contribution in [2.24, 2.45) is 0 Å². The first-order valence-electron chi connectivity index (χ1n) is 8.90.